The molecule has 262 valence electrons. The molecule has 2 aromatic carbocycles. The normalized spacial score (nSPS) is 22.2. The topological polar surface area (TPSA) is 164 Å². The number of piperidine rings is 1. The molecule has 51 heavy (non-hydrogen) atoms. The summed E-state index contributed by atoms with van der Waals surface area (Å²) in [5, 5.41) is 8.19. The molecule has 2 fully saturated rings. The van der Waals surface area contributed by atoms with Crippen molar-refractivity contribution in [2.45, 2.75) is 51.6 Å². The van der Waals surface area contributed by atoms with E-state index in [1.54, 1.807) is 18.2 Å². The molecule has 4 N–H and O–H groups in total. The van der Waals surface area contributed by atoms with E-state index in [9.17, 15) is 33.2 Å². The largest absolute Gasteiger partial charge is 0.369 e. The molecule has 1 aliphatic carbocycles. The van der Waals surface area contributed by atoms with Gasteiger partial charge in [-0.15, -0.1) is 0 Å². The van der Waals surface area contributed by atoms with E-state index in [4.69, 9.17) is 0 Å². The molecule has 0 bridgehead atoms. The Morgan fingerprint density at radius 1 is 0.922 bits per heavy atom. The predicted octanol–water partition coefficient (Wildman–Crippen LogP) is 2.61. The summed E-state index contributed by atoms with van der Waals surface area (Å²) in [6.45, 7) is 7.20. The second-order valence-electron chi connectivity index (χ2n) is 13.8. The molecule has 5 aliphatic rings. The van der Waals surface area contributed by atoms with Gasteiger partial charge in [0.2, 0.25) is 11.8 Å². The number of aromatic amines is 1. The number of allylic oxidation sites excluding steroid dienone is 1. The Kier molecular flexibility index (Phi) is 7.85. The maximum atomic E-state index is 14.1. The number of carbonyl (C=O) groups is 6. The fourth-order valence-corrected chi connectivity index (χ4v) is 8.13. The quantitative estimate of drug-likeness (QED) is 0.226. The number of H-pyrrole nitrogens is 1. The van der Waals surface area contributed by atoms with Crippen LogP contribution in [-0.2, 0) is 20.8 Å². The Morgan fingerprint density at radius 2 is 1.69 bits per heavy atom. The van der Waals surface area contributed by atoms with Crippen LogP contribution >= 0.6 is 0 Å². The van der Waals surface area contributed by atoms with E-state index in [-0.39, 0.29) is 41.8 Å². The number of hydrogen-bond donors (Lipinski definition) is 4. The van der Waals surface area contributed by atoms with E-state index in [1.807, 2.05) is 19.9 Å². The molecule has 13 nitrogen and oxygen atoms in total. The zero-order chi connectivity index (χ0) is 35.7. The first-order chi connectivity index (χ1) is 24.5. The van der Waals surface area contributed by atoms with Gasteiger partial charge in [0, 0.05) is 73.5 Å². The summed E-state index contributed by atoms with van der Waals surface area (Å²) in [6.07, 6.45) is 1.32. The Balaban J connectivity index is 0.893. The van der Waals surface area contributed by atoms with Crippen molar-refractivity contribution in [2.75, 3.05) is 42.9 Å². The Morgan fingerprint density at radius 3 is 2.45 bits per heavy atom. The molecule has 3 aromatic rings. The van der Waals surface area contributed by atoms with Gasteiger partial charge < -0.3 is 20.5 Å². The molecule has 6 amide bonds. The standard InChI is InChI=1S/C37H36FN7O6/c1-18(39-34(48)30-19(2)40-32-23(30)6-7-24(32)31-26-15-20(38)3-8-27(26)41-35(31)49)17-43-11-13-44(14-12-43)21-4-5-22-25(16-21)37(51)45(36(22)50)28-9-10-29(46)42-33(28)47/h3-5,8,15-16,18,28,40H,6-7,9-14,17H2,1-2H3,(H,39,48)(H,41,49)(H,42,46,47)/b31-24-. The Labute approximate surface area is 292 Å². The van der Waals surface area contributed by atoms with E-state index in [1.165, 1.54) is 12.1 Å². The molecule has 4 aliphatic heterocycles. The number of nitrogens with zero attached hydrogens (tertiary/aromatic N) is 3. The van der Waals surface area contributed by atoms with Gasteiger partial charge in [-0.1, -0.05) is 0 Å². The number of benzene rings is 2. The highest BCUT2D eigenvalue weighted by Crippen LogP contribution is 2.44. The second kappa shape index (κ2) is 12.3. The third-order valence-corrected chi connectivity index (χ3v) is 10.5. The lowest BCUT2D eigenvalue weighted by Gasteiger charge is -2.37. The maximum absolute atomic E-state index is 14.1. The van der Waals surface area contributed by atoms with Crippen LogP contribution < -0.4 is 20.9 Å². The van der Waals surface area contributed by atoms with Gasteiger partial charge >= 0.3 is 0 Å². The van der Waals surface area contributed by atoms with Crippen molar-refractivity contribution < 1.29 is 33.2 Å². The fraction of sp³-hybridized carbons (Fsp3) is 0.351. The van der Waals surface area contributed by atoms with Crippen molar-refractivity contribution in [2.24, 2.45) is 0 Å². The van der Waals surface area contributed by atoms with E-state index in [2.05, 4.69) is 30.7 Å². The summed E-state index contributed by atoms with van der Waals surface area (Å²) in [5.74, 6) is -3.00. The monoisotopic (exact) mass is 693 g/mol. The minimum absolute atomic E-state index is 0.0652. The molecule has 2 atom stereocenters. The zero-order valence-electron chi connectivity index (χ0n) is 28.2. The van der Waals surface area contributed by atoms with Gasteiger partial charge in [-0.05, 0) is 80.6 Å². The molecular weight excluding hydrogens is 657 g/mol. The van der Waals surface area contributed by atoms with Crippen LogP contribution in [-0.4, -0.2) is 95.0 Å². The summed E-state index contributed by atoms with van der Waals surface area (Å²) in [6, 6.07) is 8.22. The zero-order valence-corrected chi connectivity index (χ0v) is 28.2. The van der Waals surface area contributed by atoms with Crippen molar-refractivity contribution in [3.8, 4) is 0 Å². The van der Waals surface area contributed by atoms with Crippen LogP contribution in [0.15, 0.2) is 36.4 Å². The van der Waals surface area contributed by atoms with Crippen molar-refractivity contribution in [3.05, 3.63) is 81.4 Å². The summed E-state index contributed by atoms with van der Waals surface area (Å²) in [7, 11) is 0. The molecule has 14 heteroatoms. The lowest BCUT2D eigenvalue weighted by atomic mass is 9.99. The number of nitrogens with one attached hydrogen (secondary N) is 4. The smallest absolute Gasteiger partial charge is 0.262 e. The highest BCUT2D eigenvalue weighted by atomic mass is 19.1. The van der Waals surface area contributed by atoms with Crippen LogP contribution in [0.25, 0.3) is 11.1 Å². The van der Waals surface area contributed by atoms with Gasteiger partial charge in [0.05, 0.1) is 22.3 Å². The van der Waals surface area contributed by atoms with E-state index >= 15 is 0 Å². The first kappa shape index (κ1) is 32.6. The molecule has 0 saturated carbocycles. The SMILES string of the molecule is Cc1[nH]c2c(c1C(=O)NC(C)CN1CCN(c3ccc4c(c3)C(=O)N(C3CCC(=O)NC3=O)C4=O)CC1)CC/C2=C1/C(=O)Nc2ccc(F)cc21. The maximum Gasteiger partial charge on any atom is 0.262 e. The van der Waals surface area contributed by atoms with Gasteiger partial charge in [0.15, 0.2) is 0 Å². The molecule has 2 unspecified atom stereocenters. The fourth-order valence-electron chi connectivity index (χ4n) is 8.13. The molecule has 2 saturated heterocycles. The third kappa shape index (κ3) is 5.50. The molecule has 0 radical (unpaired) electrons. The van der Waals surface area contributed by atoms with Gasteiger partial charge in [0.25, 0.3) is 23.6 Å². The number of fused-ring (bicyclic) bond motifs is 3. The Hall–Kier alpha value is -5.63. The second-order valence-corrected chi connectivity index (χ2v) is 13.8. The molecular formula is C37H36FN7O6. The predicted molar refractivity (Wildman–Crippen MR) is 184 cm³/mol. The number of hydrogen-bond acceptors (Lipinski definition) is 8. The van der Waals surface area contributed by atoms with Crippen molar-refractivity contribution in [3.63, 3.8) is 0 Å². The average molecular weight is 694 g/mol. The summed E-state index contributed by atoms with van der Waals surface area (Å²) in [4.78, 5) is 85.6. The van der Waals surface area contributed by atoms with E-state index in [0.717, 1.165) is 27.4 Å². The number of amides is 6. The third-order valence-electron chi connectivity index (χ3n) is 10.5. The van der Waals surface area contributed by atoms with Crippen LogP contribution in [0.3, 0.4) is 0 Å². The number of anilines is 2. The highest BCUT2D eigenvalue weighted by Gasteiger charge is 2.45. The summed E-state index contributed by atoms with van der Waals surface area (Å²) in [5.41, 5.74) is 6.54. The number of halogens is 1. The molecule has 5 heterocycles. The van der Waals surface area contributed by atoms with Gasteiger partial charge in [-0.3, -0.25) is 43.9 Å². The minimum Gasteiger partial charge on any atom is -0.369 e. The first-order valence-electron chi connectivity index (χ1n) is 17.2. The van der Waals surface area contributed by atoms with Crippen molar-refractivity contribution >= 4 is 58.0 Å². The number of carbonyl (C=O) groups excluding carboxylic acids is 6. The average Bonchev–Trinajstić information content (AvgIpc) is 3.80. The summed E-state index contributed by atoms with van der Waals surface area (Å²) >= 11 is 0. The van der Waals surface area contributed by atoms with Gasteiger partial charge in [-0.25, -0.2) is 4.39 Å². The van der Waals surface area contributed by atoms with Crippen LogP contribution in [0.2, 0.25) is 0 Å². The van der Waals surface area contributed by atoms with Gasteiger partial charge in [-0.2, -0.15) is 0 Å². The highest BCUT2D eigenvalue weighted by molar-refractivity contribution is 6.37. The minimum atomic E-state index is -1.01. The van der Waals surface area contributed by atoms with E-state index in [0.29, 0.717) is 73.6 Å². The number of imide groups is 2. The number of aryl methyl sites for hydroxylation is 1. The van der Waals surface area contributed by atoms with Crippen LogP contribution in [0.1, 0.15) is 79.8 Å². The van der Waals surface area contributed by atoms with Crippen LogP contribution in [0, 0.1) is 12.7 Å². The van der Waals surface area contributed by atoms with Crippen molar-refractivity contribution in [1.29, 1.82) is 0 Å². The van der Waals surface area contributed by atoms with E-state index < -0.39 is 35.5 Å². The van der Waals surface area contributed by atoms with Crippen LogP contribution in [0.5, 0.6) is 0 Å². The molecule has 8 rings (SSSR count). The van der Waals surface area contributed by atoms with Crippen LogP contribution in [0.4, 0.5) is 15.8 Å². The Bertz CT molecular complexity index is 2110. The first-order valence-corrected chi connectivity index (χ1v) is 17.2. The summed E-state index contributed by atoms with van der Waals surface area (Å²) < 4.78 is 14.1. The number of aromatic nitrogens is 1. The molecule has 1 aromatic heterocycles. The molecule has 0 spiro atoms. The number of piperazine rings is 1. The lowest BCUT2D eigenvalue weighted by Crippen LogP contribution is -2.54. The number of rotatable bonds is 6. The van der Waals surface area contributed by atoms with Gasteiger partial charge in [0.1, 0.15) is 11.9 Å². The van der Waals surface area contributed by atoms with Crippen molar-refractivity contribution in [1.82, 2.24) is 25.4 Å². The lowest BCUT2D eigenvalue weighted by molar-refractivity contribution is -0.136.